The topological polar surface area (TPSA) is 154 Å². The maximum atomic E-state index is 13.2. The van der Waals surface area contributed by atoms with Crippen LogP contribution >= 0.6 is 56.5 Å². The number of esters is 1. The minimum Gasteiger partial charge on any atom is -0.465 e. The normalized spacial score (nSPS) is 16.4. The highest BCUT2D eigenvalue weighted by Gasteiger charge is 2.35. The van der Waals surface area contributed by atoms with Crippen LogP contribution < -0.4 is 5.46 Å². The summed E-state index contributed by atoms with van der Waals surface area (Å²) in [5.41, 5.74) is 20.3. The SMILES string of the molecule is CC1(C)COB(c2ccc(-c3cc4cccnc4n3COCC[Si](C)(C)C)cc2)OC1.COC(=O)c1sc(-c2ccc(-c3cc4cccnc4n3COCC[Si](C)(C)C)cc2)cc1C1=C(C2CCC(C)CC2)CN(C)CC1.C[Si](C)(C)CCOCn1c(-c2ccc(I)cc2)cc2cccnc21.Ic1ccc(C2=Nc3cccnc3C2)cc1. The summed E-state index contributed by atoms with van der Waals surface area (Å²) in [6.45, 7) is 35.4. The Bertz CT molecular complexity index is 5400. The zero-order valence-electron chi connectivity index (χ0n) is 70.7. The number of aromatic nitrogens is 7. The van der Waals surface area contributed by atoms with Gasteiger partial charge >= 0.3 is 13.1 Å². The van der Waals surface area contributed by atoms with Crippen LogP contribution in [0.25, 0.3) is 82.9 Å². The second-order valence-corrected chi connectivity index (χ2v) is 56.4. The molecule has 612 valence electrons. The lowest BCUT2D eigenvalue weighted by atomic mass is 9.75. The molecule has 0 spiro atoms. The third kappa shape index (κ3) is 23.4. The van der Waals surface area contributed by atoms with Gasteiger partial charge in [0.25, 0.3) is 0 Å². The van der Waals surface area contributed by atoms with E-state index >= 15 is 0 Å². The summed E-state index contributed by atoms with van der Waals surface area (Å²) in [5, 5.41) is 3.38. The Kier molecular flexibility index (Phi) is 29.5. The fourth-order valence-electron chi connectivity index (χ4n) is 15.1. The average molecular weight is 1860 g/mol. The van der Waals surface area contributed by atoms with Gasteiger partial charge in [0.05, 0.1) is 41.3 Å². The highest BCUT2D eigenvalue weighted by atomic mass is 127. The Morgan fingerprint density at radius 3 is 1.44 bits per heavy atom. The first kappa shape index (κ1) is 87.4. The maximum absolute atomic E-state index is 13.2. The number of fused-ring (bicyclic) bond motifs is 4. The number of hydrogen-bond donors (Lipinski definition) is 0. The van der Waals surface area contributed by atoms with Crippen molar-refractivity contribution in [2.24, 2.45) is 22.2 Å². The molecule has 0 amide bonds. The average Bonchev–Trinajstić information content (AvgIpc) is 1.68. The van der Waals surface area contributed by atoms with E-state index < -0.39 is 24.2 Å². The molecule has 2 fully saturated rings. The molecule has 16 rings (SSSR count). The third-order valence-corrected chi connectivity index (χ3v) is 29.8. The number of likely N-dealkylation sites (N-methyl/N-ethyl adjacent to an activating group) is 1. The third-order valence-electron chi connectivity index (χ3n) is 22.1. The van der Waals surface area contributed by atoms with Crippen LogP contribution in [0.5, 0.6) is 0 Å². The Morgan fingerprint density at radius 1 is 0.556 bits per heavy atom. The van der Waals surface area contributed by atoms with Gasteiger partial charge in [-0.05, 0) is 243 Å². The first-order chi connectivity index (χ1) is 56.1. The second kappa shape index (κ2) is 39.4. The van der Waals surface area contributed by atoms with Gasteiger partial charge in [0, 0.05) is 141 Å². The monoisotopic (exact) mass is 1860 g/mol. The molecule has 8 aromatic heterocycles. The number of rotatable bonds is 24. The number of hydrogen-bond acceptors (Lipinski definition) is 14. The van der Waals surface area contributed by atoms with Gasteiger partial charge in [0.1, 0.15) is 42.0 Å². The Balaban J connectivity index is 0.000000145. The van der Waals surface area contributed by atoms with Crippen molar-refractivity contribution in [2.45, 2.75) is 157 Å². The van der Waals surface area contributed by atoms with Gasteiger partial charge in [-0.3, -0.25) is 9.98 Å². The summed E-state index contributed by atoms with van der Waals surface area (Å²) in [6.07, 6.45) is 14.2. The number of carbonyl (C=O) groups excluding carboxylic acids is 1. The van der Waals surface area contributed by atoms with Crippen molar-refractivity contribution < 1.29 is 33.1 Å². The van der Waals surface area contributed by atoms with Crippen molar-refractivity contribution in [2.75, 3.05) is 60.3 Å². The number of thiophene rings is 1. The Morgan fingerprint density at radius 2 is 0.983 bits per heavy atom. The zero-order chi connectivity index (χ0) is 82.6. The van der Waals surface area contributed by atoms with Crippen LogP contribution in [0.3, 0.4) is 0 Å². The van der Waals surface area contributed by atoms with Crippen molar-refractivity contribution in [3.05, 3.63) is 229 Å². The van der Waals surface area contributed by atoms with E-state index in [1.165, 1.54) is 62.7 Å². The van der Waals surface area contributed by atoms with Crippen LogP contribution in [0.4, 0.5) is 5.69 Å². The molecular weight excluding hydrogens is 1750 g/mol. The van der Waals surface area contributed by atoms with Gasteiger partial charge in [0.2, 0.25) is 0 Å². The lowest BCUT2D eigenvalue weighted by Crippen LogP contribution is -2.47. The second-order valence-electron chi connectivity index (χ2n) is 36.0. The molecule has 4 aromatic carbocycles. The number of aliphatic imine (C=N–C) groups is 1. The summed E-state index contributed by atoms with van der Waals surface area (Å²) in [6, 6.07) is 62.8. The number of ether oxygens (including phenoxy) is 4. The summed E-state index contributed by atoms with van der Waals surface area (Å²) in [4.78, 5) is 40.2. The highest BCUT2D eigenvalue weighted by molar-refractivity contribution is 14.1. The molecule has 0 radical (unpaired) electrons. The van der Waals surface area contributed by atoms with E-state index in [1.54, 1.807) is 16.9 Å². The van der Waals surface area contributed by atoms with Crippen molar-refractivity contribution >= 4 is 149 Å². The molecule has 16 nitrogen and oxygen atoms in total. The molecule has 1 saturated heterocycles. The minimum absolute atomic E-state index is 0.0693. The fourth-order valence-corrected chi connectivity index (χ4v) is 19.2. The zero-order valence-corrected chi connectivity index (χ0v) is 78.8. The number of carbonyl (C=O) groups is 1. The molecular formula is C94H114BI2N9O7SSi3. The van der Waals surface area contributed by atoms with Crippen LogP contribution in [-0.2, 0) is 54.9 Å². The fraction of sp³-hybridized carbons (Fsp3) is 0.383. The van der Waals surface area contributed by atoms with E-state index in [9.17, 15) is 4.79 Å². The largest absolute Gasteiger partial charge is 0.493 e. The molecule has 3 aliphatic heterocycles. The number of nitrogens with zero attached hydrogens (tertiary/aromatic N) is 9. The van der Waals surface area contributed by atoms with E-state index in [2.05, 4.69) is 310 Å². The van der Waals surface area contributed by atoms with Gasteiger partial charge < -0.3 is 46.9 Å². The first-order valence-electron chi connectivity index (χ1n) is 41.3. The molecule has 23 heteroatoms. The number of halogens is 2. The summed E-state index contributed by atoms with van der Waals surface area (Å²) < 4.78 is 44.5. The number of methoxy groups -OCH3 is 1. The number of benzene rings is 4. The number of pyridine rings is 4. The molecule has 0 atom stereocenters. The standard InChI is InChI=1S/C38H49N3O3SSi.C24H33BN2O3Si.C19H23IN2OSi.C13H9IN2/c1-26-9-11-27(12-10-26)33-24-40(2)19-17-31(33)32-23-35(45-36(32)38(42)43-3)29-15-13-28(14-16-29)34-22-30-8-7-18-39-37(30)41(34)25-44-20-21-46(4,5)6;1-24(2)16-29-25(30-17-24)21-10-8-19(9-11-21)22-15-20-7-6-12-26-23(20)27(22)18-28-13-14-31(3,4)5;1-24(2,3)12-11-23-14-22-18(15-6-8-17(20)9-7-15)13-16-5-4-10-21-19(16)22;14-10-5-3-9(4-6-10)12-8-13-11(16-12)2-1-7-15-13/h7-8,13-16,18,22-23,26-27H,9-12,17,19-21,24-25H2,1-6H3;6-12,15H,13-14,16-18H2,1-5H3;4-10,13H,11-12,14H2,1-3H3;1-7H,8H2. The molecule has 0 bridgehead atoms. The quantitative estimate of drug-likeness (QED) is 0.0245. The van der Waals surface area contributed by atoms with Crippen LogP contribution in [0.1, 0.15) is 79.4 Å². The molecule has 1 saturated carbocycles. The van der Waals surface area contributed by atoms with Crippen LogP contribution in [0.2, 0.25) is 77.1 Å². The van der Waals surface area contributed by atoms with Gasteiger partial charge in [0.15, 0.2) is 0 Å². The summed E-state index contributed by atoms with van der Waals surface area (Å²) >= 11 is 6.20. The smallest absolute Gasteiger partial charge is 0.465 e. The van der Waals surface area contributed by atoms with E-state index in [1.807, 2.05) is 55.1 Å². The van der Waals surface area contributed by atoms with Gasteiger partial charge in [-0.15, -0.1) is 11.3 Å². The molecule has 4 aliphatic rings. The summed E-state index contributed by atoms with van der Waals surface area (Å²) in [5.74, 6) is 1.17. The highest BCUT2D eigenvalue weighted by Crippen LogP contribution is 2.45. The molecule has 12 aromatic rings. The van der Waals surface area contributed by atoms with E-state index in [0.29, 0.717) is 39.3 Å². The first-order valence-corrected chi connectivity index (χ1v) is 55.4. The molecule has 11 heterocycles. The van der Waals surface area contributed by atoms with Crippen molar-refractivity contribution in [3.63, 3.8) is 0 Å². The van der Waals surface area contributed by atoms with E-state index in [-0.39, 0.29) is 18.5 Å². The van der Waals surface area contributed by atoms with E-state index in [0.717, 1.165) is 169 Å². The summed E-state index contributed by atoms with van der Waals surface area (Å²) in [7, 11) is 0.0672. The van der Waals surface area contributed by atoms with Gasteiger partial charge in [-0.2, -0.15) is 0 Å². The minimum atomic E-state index is -1.17. The predicted octanol–water partition coefficient (Wildman–Crippen LogP) is 23.2. The van der Waals surface area contributed by atoms with Crippen molar-refractivity contribution in [1.29, 1.82) is 0 Å². The van der Waals surface area contributed by atoms with Crippen molar-refractivity contribution in [1.82, 2.24) is 38.5 Å². The Labute approximate surface area is 727 Å². The van der Waals surface area contributed by atoms with Gasteiger partial charge in [-0.25, -0.2) is 19.7 Å². The van der Waals surface area contributed by atoms with Crippen LogP contribution in [-0.4, -0.2) is 142 Å². The molecule has 0 N–H and O–H groups in total. The maximum Gasteiger partial charge on any atom is 0.493 e. The van der Waals surface area contributed by atoms with Crippen molar-refractivity contribution in [3.8, 4) is 44.2 Å². The Hall–Kier alpha value is -7.38. The van der Waals surface area contributed by atoms with Gasteiger partial charge in [-0.1, -0.05) is 165 Å². The molecule has 0 unspecified atom stereocenters. The predicted molar refractivity (Wildman–Crippen MR) is 510 cm³/mol. The van der Waals surface area contributed by atoms with Crippen LogP contribution in [0, 0.1) is 24.4 Å². The molecule has 117 heavy (non-hydrogen) atoms. The lowest BCUT2D eigenvalue weighted by molar-refractivity contribution is 0.0343. The molecule has 1 aliphatic carbocycles. The lowest BCUT2D eigenvalue weighted by Gasteiger charge is -2.35. The van der Waals surface area contributed by atoms with Crippen LogP contribution in [0.15, 0.2) is 205 Å². The van der Waals surface area contributed by atoms with E-state index in [4.69, 9.17) is 33.2 Å².